The summed E-state index contributed by atoms with van der Waals surface area (Å²) < 4.78 is 7.70. The maximum Gasteiger partial charge on any atom is 0.270 e. The summed E-state index contributed by atoms with van der Waals surface area (Å²) in [5.41, 5.74) is 5.93. The number of nitrogens with one attached hydrogen (secondary N) is 1. The highest BCUT2D eigenvalue weighted by molar-refractivity contribution is 7.80. The third-order valence-corrected chi connectivity index (χ3v) is 7.25. The van der Waals surface area contributed by atoms with Gasteiger partial charge >= 0.3 is 0 Å². The molecular formula is C35H27N3O3S. The molecule has 0 unspecified atom stereocenters. The highest BCUT2D eigenvalue weighted by atomic mass is 32.1. The summed E-state index contributed by atoms with van der Waals surface area (Å²) in [6.07, 6.45) is 1.66. The lowest BCUT2D eigenvalue weighted by atomic mass is 10.0. The van der Waals surface area contributed by atoms with Gasteiger partial charge in [-0.3, -0.25) is 19.8 Å². The average molecular weight is 570 g/mol. The van der Waals surface area contributed by atoms with Crippen molar-refractivity contribution in [3.05, 3.63) is 132 Å². The number of ether oxygens (including phenoxy) is 1. The van der Waals surface area contributed by atoms with Crippen LogP contribution >= 0.6 is 12.2 Å². The maximum absolute atomic E-state index is 13.9. The van der Waals surface area contributed by atoms with E-state index in [1.165, 1.54) is 4.90 Å². The molecule has 0 bridgehead atoms. The highest BCUT2D eigenvalue weighted by Crippen LogP contribution is 2.37. The number of rotatable bonds is 7. The van der Waals surface area contributed by atoms with E-state index in [-0.39, 0.29) is 10.7 Å². The van der Waals surface area contributed by atoms with Crippen LogP contribution in [0.5, 0.6) is 5.75 Å². The van der Waals surface area contributed by atoms with Crippen molar-refractivity contribution >= 4 is 40.9 Å². The monoisotopic (exact) mass is 569 g/mol. The Kier molecular flexibility index (Phi) is 7.49. The van der Waals surface area contributed by atoms with Crippen LogP contribution in [0.2, 0.25) is 0 Å². The number of amides is 2. The summed E-state index contributed by atoms with van der Waals surface area (Å²) in [7, 11) is 0. The fraction of sp³-hybridized carbons (Fsp3) is 0.0571. The fourth-order valence-corrected chi connectivity index (χ4v) is 5.38. The molecule has 4 aromatic carbocycles. The zero-order chi connectivity index (χ0) is 29.1. The standard InChI is InChI=1S/C35H27N3O3S/c1-2-41-29-20-18-28(19-21-29)38-34(40)30(33(39)36-35(38)42)22-26-23-31(24-12-6-3-7-13-24)37(27-16-10-5-11-17-27)32(26)25-14-8-4-9-15-25/h3-23H,2H2,1H3,(H,36,39,42)/b30-22+. The topological polar surface area (TPSA) is 63.6 Å². The molecule has 1 aromatic heterocycles. The van der Waals surface area contributed by atoms with Crippen LogP contribution in [-0.2, 0) is 9.59 Å². The molecule has 206 valence electrons. The molecule has 6 rings (SSSR count). The third kappa shape index (κ3) is 5.13. The first-order valence-electron chi connectivity index (χ1n) is 13.6. The SMILES string of the molecule is CCOc1ccc(N2C(=O)/C(=C/c3cc(-c4ccccc4)n(-c4ccccc4)c3-c3ccccc3)C(=O)NC2=S)cc1. The van der Waals surface area contributed by atoms with Crippen molar-refractivity contribution < 1.29 is 14.3 Å². The predicted molar refractivity (Wildman–Crippen MR) is 170 cm³/mol. The third-order valence-electron chi connectivity index (χ3n) is 6.97. The molecule has 0 aliphatic carbocycles. The van der Waals surface area contributed by atoms with Crippen molar-refractivity contribution in [2.75, 3.05) is 11.5 Å². The van der Waals surface area contributed by atoms with E-state index in [1.807, 2.05) is 104 Å². The normalized spacial score (nSPS) is 14.3. The molecule has 2 amide bonds. The lowest BCUT2D eigenvalue weighted by Crippen LogP contribution is -2.54. The van der Waals surface area contributed by atoms with Gasteiger partial charge in [-0.2, -0.15) is 0 Å². The van der Waals surface area contributed by atoms with Crippen molar-refractivity contribution in [1.82, 2.24) is 9.88 Å². The van der Waals surface area contributed by atoms with Gasteiger partial charge < -0.3 is 9.30 Å². The predicted octanol–water partition coefficient (Wildman–Crippen LogP) is 7.04. The van der Waals surface area contributed by atoms with Crippen LogP contribution in [0.15, 0.2) is 127 Å². The van der Waals surface area contributed by atoms with E-state index in [0.29, 0.717) is 18.0 Å². The van der Waals surface area contributed by atoms with Crippen molar-refractivity contribution in [2.45, 2.75) is 6.92 Å². The van der Waals surface area contributed by atoms with Gasteiger partial charge in [-0.25, -0.2) is 0 Å². The number of hydrogen-bond donors (Lipinski definition) is 1. The molecule has 0 saturated carbocycles. The van der Waals surface area contributed by atoms with Gasteiger partial charge in [0.15, 0.2) is 5.11 Å². The van der Waals surface area contributed by atoms with Crippen LogP contribution in [0.3, 0.4) is 0 Å². The lowest BCUT2D eigenvalue weighted by Gasteiger charge is -2.29. The molecule has 0 spiro atoms. The number of anilines is 1. The molecular weight excluding hydrogens is 542 g/mol. The van der Waals surface area contributed by atoms with Crippen LogP contribution < -0.4 is 15.0 Å². The second-order valence-corrected chi connectivity index (χ2v) is 10.0. The van der Waals surface area contributed by atoms with E-state index < -0.39 is 11.8 Å². The first-order chi connectivity index (χ1) is 20.5. The molecule has 0 atom stereocenters. The van der Waals surface area contributed by atoms with Gasteiger partial charge in [-0.15, -0.1) is 0 Å². The van der Waals surface area contributed by atoms with Gasteiger partial charge in [0.05, 0.1) is 23.7 Å². The Hall–Kier alpha value is -5.27. The molecule has 6 nitrogen and oxygen atoms in total. The summed E-state index contributed by atoms with van der Waals surface area (Å²) in [5.74, 6) is -0.361. The van der Waals surface area contributed by atoms with Crippen LogP contribution in [0.4, 0.5) is 5.69 Å². The van der Waals surface area contributed by atoms with Gasteiger partial charge in [0.25, 0.3) is 11.8 Å². The van der Waals surface area contributed by atoms with Crippen molar-refractivity contribution in [3.8, 4) is 34.0 Å². The largest absolute Gasteiger partial charge is 0.494 e. The van der Waals surface area contributed by atoms with Crippen LogP contribution in [-0.4, -0.2) is 28.1 Å². The molecule has 0 radical (unpaired) electrons. The first-order valence-corrected chi connectivity index (χ1v) is 14.0. The molecule has 5 aromatic rings. The van der Waals surface area contributed by atoms with E-state index in [1.54, 1.807) is 30.3 Å². The minimum atomic E-state index is -0.542. The Morgan fingerprint density at radius 3 is 1.98 bits per heavy atom. The van der Waals surface area contributed by atoms with Gasteiger partial charge in [0.1, 0.15) is 11.3 Å². The molecule has 1 saturated heterocycles. The zero-order valence-corrected chi connectivity index (χ0v) is 23.7. The summed E-state index contributed by atoms with van der Waals surface area (Å²) in [4.78, 5) is 28.5. The van der Waals surface area contributed by atoms with E-state index >= 15 is 0 Å². The number of hydrogen-bond acceptors (Lipinski definition) is 4. The minimum absolute atomic E-state index is 0.0144. The van der Waals surface area contributed by atoms with Crippen LogP contribution in [0.25, 0.3) is 34.3 Å². The maximum atomic E-state index is 13.9. The smallest absolute Gasteiger partial charge is 0.270 e. The molecule has 1 aliphatic rings. The molecule has 1 aliphatic heterocycles. The number of benzene rings is 4. The fourth-order valence-electron chi connectivity index (χ4n) is 5.10. The quantitative estimate of drug-likeness (QED) is 0.130. The number of carbonyl (C=O) groups is 2. The van der Waals surface area contributed by atoms with E-state index in [4.69, 9.17) is 17.0 Å². The van der Waals surface area contributed by atoms with Crippen LogP contribution in [0.1, 0.15) is 12.5 Å². The second kappa shape index (κ2) is 11.7. The number of nitrogens with zero attached hydrogens (tertiary/aromatic N) is 2. The molecule has 1 N–H and O–H groups in total. The number of carbonyl (C=O) groups excluding carboxylic acids is 2. The van der Waals surface area contributed by atoms with Crippen LogP contribution in [0, 0.1) is 0 Å². The van der Waals surface area contributed by atoms with E-state index in [0.717, 1.165) is 33.8 Å². The lowest BCUT2D eigenvalue weighted by molar-refractivity contribution is -0.122. The van der Waals surface area contributed by atoms with E-state index in [9.17, 15) is 9.59 Å². The van der Waals surface area contributed by atoms with Gasteiger partial charge in [-0.1, -0.05) is 78.9 Å². The number of thiocarbonyl (C=S) groups is 1. The minimum Gasteiger partial charge on any atom is -0.494 e. The summed E-state index contributed by atoms with van der Waals surface area (Å²) in [6.45, 7) is 2.43. The van der Waals surface area contributed by atoms with Crippen molar-refractivity contribution in [3.63, 3.8) is 0 Å². The molecule has 7 heteroatoms. The first kappa shape index (κ1) is 26.9. The summed E-state index contributed by atoms with van der Waals surface area (Å²) in [5, 5.41) is 2.73. The number of aromatic nitrogens is 1. The van der Waals surface area contributed by atoms with Crippen molar-refractivity contribution in [1.29, 1.82) is 0 Å². The van der Waals surface area contributed by atoms with E-state index in [2.05, 4.69) is 9.88 Å². The second-order valence-electron chi connectivity index (χ2n) is 9.62. The Labute approximate surface area is 249 Å². The van der Waals surface area contributed by atoms with Gasteiger partial charge in [-0.05, 0) is 78.8 Å². The van der Waals surface area contributed by atoms with Gasteiger partial charge in [0, 0.05) is 11.3 Å². The summed E-state index contributed by atoms with van der Waals surface area (Å²) in [6, 6.07) is 39.1. The Bertz CT molecular complexity index is 1800. The highest BCUT2D eigenvalue weighted by Gasteiger charge is 2.35. The molecule has 1 fully saturated rings. The Morgan fingerprint density at radius 2 is 1.36 bits per heavy atom. The van der Waals surface area contributed by atoms with Crippen molar-refractivity contribution in [2.24, 2.45) is 0 Å². The zero-order valence-electron chi connectivity index (χ0n) is 22.9. The Balaban J connectivity index is 1.54. The Morgan fingerprint density at radius 1 is 0.762 bits per heavy atom. The summed E-state index contributed by atoms with van der Waals surface area (Å²) >= 11 is 5.43. The van der Waals surface area contributed by atoms with Gasteiger partial charge in [0.2, 0.25) is 0 Å². The average Bonchev–Trinajstić information content (AvgIpc) is 3.41. The molecule has 2 heterocycles. The molecule has 42 heavy (non-hydrogen) atoms. The number of para-hydroxylation sites is 1.